The Kier molecular flexibility index (Phi) is 18.3. The molecule has 0 saturated carbocycles. The van der Waals surface area contributed by atoms with E-state index in [4.69, 9.17) is 19.5 Å². The van der Waals surface area contributed by atoms with Gasteiger partial charge in [-0.25, -0.2) is 28.6 Å². The molecule has 2 amide bonds. The maximum Gasteiger partial charge on any atom is 0.481 e. The number of imidazole rings is 1. The van der Waals surface area contributed by atoms with Crippen molar-refractivity contribution in [1.82, 2.24) is 30.2 Å². The average Bonchev–Trinajstić information content (AvgIpc) is 3.68. The number of anilines is 1. The van der Waals surface area contributed by atoms with E-state index < -0.39 is 90.7 Å². The number of phosphoric acid groups is 3. The highest BCUT2D eigenvalue weighted by molar-refractivity contribution is 8.13. The van der Waals surface area contributed by atoms with Crippen LogP contribution in [0.15, 0.2) is 37.0 Å². The quantitative estimate of drug-likeness (QED) is 0.0383. The Bertz CT molecular complexity index is 1950. The number of fused-ring (bicyclic) bond motifs is 1. The zero-order chi connectivity index (χ0) is 43.5. The van der Waals surface area contributed by atoms with E-state index in [2.05, 4.69) is 34.4 Å². The number of ether oxygens (including phenoxy) is 1. The van der Waals surface area contributed by atoms with Crippen LogP contribution in [0.3, 0.4) is 0 Å². The van der Waals surface area contributed by atoms with Crippen molar-refractivity contribution >= 4 is 69.1 Å². The lowest BCUT2D eigenvalue weighted by Gasteiger charge is -2.30. The molecule has 0 aromatic carbocycles. The van der Waals surface area contributed by atoms with Gasteiger partial charge in [0.05, 0.1) is 25.6 Å². The van der Waals surface area contributed by atoms with Crippen molar-refractivity contribution in [3.63, 3.8) is 0 Å². The summed E-state index contributed by atoms with van der Waals surface area (Å²) >= 11 is 0.926. The number of nitrogens with two attached hydrogens (primary N) is 1. The minimum atomic E-state index is -5.58. The number of aliphatic hydroxyl groups excluding tert-OH is 3. The molecule has 0 radical (unpaired) electrons. The van der Waals surface area contributed by atoms with E-state index in [1.165, 1.54) is 19.9 Å². The lowest BCUT2D eigenvalue weighted by Crippen LogP contribution is -2.46. The number of amides is 2. The second-order valence-corrected chi connectivity index (χ2v) is 18.4. The molecule has 2 aromatic heterocycles. The minimum absolute atomic E-state index is 0.0243. The molecule has 3 heterocycles. The monoisotopic (exact) mass is 905 g/mol. The molecule has 8 atom stereocenters. The van der Waals surface area contributed by atoms with Gasteiger partial charge in [-0.3, -0.25) is 32.5 Å². The lowest BCUT2D eigenvalue weighted by molar-refractivity contribution is -0.137. The molecule has 0 bridgehead atoms. The molecule has 1 aliphatic rings. The minimum Gasteiger partial charge on any atom is -0.389 e. The number of nitrogens with zero attached hydrogens (tertiary/aromatic N) is 4. The van der Waals surface area contributed by atoms with E-state index in [9.17, 15) is 63.0 Å². The van der Waals surface area contributed by atoms with Gasteiger partial charge in [-0.05, 0) is 6.92 Å². The zero-order valence-corrected chi connectivity index (χ0v) is 34.6. The van der Waals surface area contributed by atoms with Crippen molar-refractivity contribution in [2.45, 2.75) is 70.4 Å². The van der Waals surface area contributed by atoms with Gasteiger partial charge in [-0.1, -0.05) is 49.9 Å². The molecule has 1 aliphatic heterocycles. The predicted octanol–water partition coefficient (Wildman–Crippen LogP) is -0.452. The molecular formula is C29H46N7O18P3S. The normalized spacial score (nSPS) is 22.2. The van der Waals surface area contributed by atoms with Gasteiger partial charge >= 0.3 is 23.5 Å². The summed E-state index contributed by atoms with van der Waals surface area (Å²) in [4.78, 5) is 87.6. The molecule has 2 aromatic rings. The number of thioether (sulfide) groups is 1. The van der Waals surface area contributed by atoms with Crippen LogP contribution in [0.5, 0.6) is 0 Å². The van der Waals surface area contributed by atoms with Crippen molar-refractivity contribution in [3.05, 3.63) is 37.0 Å². The van der Waals surface area contributed by atoms with Crippen LogP contribution < -0.4 is 16.4 Å². The third-order valence-corrected chi connectivity index (χ3v) is 11.8. The van der Waals surface area contributed by atoms with E-state index in [-0.39, 0.29) is 53.8 Å². The number of aliphatic hydroxyl groups is 3. The van der Waals surface area contributed by atoms with E-state index in [1.807, 2.05) is 0 Å². The Balaban J connectivity index is 1.46. The highest BCUT2D eigenvalue weighted by Gasteiger charge is 2.50. The van der Waals surface area contributed by atoms with E-state index in [0.29, 0.717) is 0 Å². The molecule has 3 rings (SSSR count). The molecular weight excluding hydrogens is 859 g/mol. The maximum atomic E-state index is 12.7. The summed E-state index contributed by atoms with van der Waals surface area (Å²) < 4.78 is 62.1. The molecule has 25 nitrogen and oxygen atoms in total. The number of phosphoric ester groups is 3. The van der Waals surface area contributed by atoms with Crippen LogP contribution in [-0.2, 0) is 50.7 Å². The Morgan fingerprint density at radius 1 is 1.05 bits per heavy atom. The summed E-state index contributed by atoms with van der Waals surface area (Å²) in [5.74, 6) is -1.30. The van der Waals surface area contributed by atoms with Crippen LogP contribution in [0.4, 0.5) is 5.82 Å². The standard InChI is InChI=1S/C29H46N7O18P3S/c1-4-5-6-7-17(37)12-20(39)58-11-10-31-19(38)8-9-32-27(42)24(41)29(2,3)14-51-57(48,49)54-56(46,47)50-13-18-23(53-55(43,44)45)22(40)28(52-18)36-16-35-21-25(30)33-15-34-26(21)36/h4-7,15-18,22-24,28,37,40-41H,8-14H2,1-3H3,(H,31,38)(H,32,42)(H,46,47)(H,48,49)(H2,30,33,34)(H2,43,44,45)/b5-4+,7-6+. The fraction of sp³-hybridized carbons (Fsp3) is 0.586. The van der Waals surface area contributed by atoms with Gasteiger partial charge in [0.1, 0.15) is 36.3 Å². The first-order valence-electron chi connectivity index (χ1n) is 17.0. The maximum absolute atomic E-state index is 12.7. The molecule has 8 unspecified atom stereocenters. The Morgan fingerprint density at radius 3 is 2.41 bits per heavy atom. The molecule has 0 aliphatic carbocycles. The molecule has 29 heteroatoms. The lowest BCUT2D eigenvalue weighted by atomic mass is 9.87. The van der Waals surface area contributed by atoms with Gasteiger partial charge in [-0.2, -0.15) is 4.31 Å². The van der Waals surface area contributed by atoms with Crippen LogP contribution >= 0.6 is 35.2 Å². The number of rotatable bonds is 23. The number of allylic oxidation sites excluding steroid dienone is 3. The summed E-state index contributed by atoms with van der Waals surface area (Å²) in [5, 5.41) is 35.8. The smallest absolute Gasteiger partial charge is 0.389 e. The van der Waals surface area contributed by atoms with Crippen molar-refractivity contribution in [1.29, 1.82) is 0 Å². The number of carbonyl (C=O) groups excluding carboxylic acids is 3. The SMILES string of the molecule is C/C=C/C=C/C(O)CC(=O)SCCNC(=O)CCNC(=O)C(O)C(C)(C)COP(=O)(O)OP(=O)(O)OCC1OC(n2cnc3c(N)ncnc32)C(O)C1OP(=O)(O)O. The van der Waals surface area contributed by atoms with Crippen molar-refractivity contribution < 1.29 is 85.6 Å². The molecule has 11 N–H and O–H groups in total. The first kappa shape index (κ1) is 49.4. The second-order valence-electron chi connectivity index (χ2n) is 13.0. The van der Waals surface area contributed by atoms with Gasteiger partial charge < -0.3 is 56.0 Å². The number of hydrogen-bond acceptors (Lipinski definition) is 19. The Hall–Kier alpha value is -3.00. The third-order valence-electron chi connectivity index (χ3n) is 7.78. The second kappa shape index (κ2) is 21.5. The fourth-order valence-corrected chi connectivity index (χ4v) is 8.45. The average molecular weight is 906 g/mol. The van der Waals surface area contributed by atoms with Crippen LogP contribution in [0, 0.1) is 5.41 Å². The van der Waals surface area contributed by atoms with E-state index >= 15 is 0 Å². The number of aromatic nitrogens is 4. The van der Waals surface area contributed by atoms with Crippen LogP contribution in [0.2, 0.25) is 0 Å². The highest BCUT2D eigenvalue weighted by Crippen LogP contribution is 2.61. The number of hydrogen-bond donors (Lipinski definition) is 10. The summed E-state index contributed by atoms with van der Waals surface area (Å²) in [5.41, 5.74) is 4.23. The van der Waals surface area contributed by atoms with Crippen molar-refractivity contribution in [2.24, 2.45) is 5.41 Å². The summed E-state index contributed by atoms with van der Waals surface area (Å²) in [6.45, 7) is 2.12. The van der Waals surface area contributed by atoms with E-state index in [1.54, 1.807) is 25.2 Å². The molecule has 1 fully saturated rings. The van der Waals surface area contributed by atoms with Crippen LogP contribution in [0.25, 0.3) is 11.2 Å². The Labute approximate surface area is 334 Å². The largest absolute Gasteiger partial charge is 0.481 e. The predicted molar refractivity (Wildman–Crippen MR) is 202 cm³/mol. The van der Waals surface area contributed by atoms with Gasteiger partial charge in [0.2, 0.25) is 11.8 Å². The van der Waals surface area contributed by atoms with Gasteiger partial charge in [-0.15, -0.1) is 0 Å². The highest BCUT2D eigenvalue weighted by atomic mass is 32.2. The molecule has 58 heavy (non-hydrogen) atoms. The first-order valence-corrected chi connectivity index (χ1v) is 22.5. The zero-order valence-electron chi connectivity index (χ0n) is 31.1. The summed E-state index contributed by atoms with van der Waals surface area (Å²) in [7, 11) is -16.4. The number of carbonyl (C=O) groups is 3. The Morgan fingerprint density at radius 2 is 1.74 bits per heavy atom. The number of nitrogen functional groups attached to an aromatic ring is 1. The van der Waals surface area contributed by atoms with Crippen molar-refractivity contribution in [2.75, 3.05) is 37.8 Å². The van der Waals surface area contributed by atoms with E-state index in [0.717, 1.165) is 29.0 Å². The first-order chi connectivity index (χ1) is 26.9. The number of nitrogens with one attached hydrogen (secondary N) is 2. The fourth-order valence-electron chi connectivity index (χ4n) is 4.90. The summed E-state index contributed by atoms with van der Waals surface area (Å²) in [6, 6.07) is 0. The molecule has 1 saturated heterocycles. The van der Waals surface area contributed by atoms with Gasteiger partial charge in [0.15, 0.2) is 22.8 Å². The van der Waals surface area contributed by atoms with Gasteiger partial charge in [0.25, 0.3) is 0 Å². The molecule has 326 valence electrons. The third kappa shape index (κ3) is 15.6. The van der Waals surface area contributed by atoms with Gasteiger partial charge in [0, 0.05) is 37.1 Å². The summed E-state index contributed by atoms with van der Waals surface area (Å²) in [6.07, 6.45) is -1.52. The van der Waals surface area contributed by atoms with Crippen LogP contribution in [0.1, 0.15) is 39.8 Å². The topological polar surface area (TPSA) is 384 Å². The van der Waals surface area contributed by atoms with Crippen LogP contribution in [-0.4, -0.2) is 134 Å². The molecule has 0 spiro atoms. The van der Waals surface area contributed by atoms with Crippen molar-refractivity contribution in [3.8, 4) is 0 Å².